The van der Waals surface area contributed by atoms with Crippen molar-refractivity contribution in [2.45, 2.75) is 32.0 Å². The van der Waals surface area contributed by atoms with E-state index in [0.717, 1.165) is 16.5 Å². The summed E-state index contributed by atoms with van der Waals surface area (Å²) >= 11 is 3.31. The van der Waals surface area contributed by atoms with Crippen molar-refractivity contribution < 1.29 is 14.2 Å². The molecule has 0 saturated carbocycles. The van der Waals surface area contributed by atoms with Gasteiger partial charge in [0.05, 0.1) is 0 Å². The summed E-state index contributed by atoms with van der Waals surface area (Å²) in [6, 6.07) is 10.2. The normalized spacial score (nSPS) is 17.2. The molecule has 0 spiro atoms. The molecule has 0 saturated heterocycles. The van der Waals surface area contributed by atoms with Gasteiger partial charge in [-0.25, -0.2) is 4.39 Å². The highest BCUT2D eigenvalue weighted by Crippen LogP contribution is 2.42. The molecule has 1 unspecified atom stereocenters. The molecule has 1 N–H and O–H groups in total. The van der Waals surface area contributed by atoms with Crippen LogP contribution in [0, 0.1) is 5.82 Å². The number of aliphatic hydroxyl groups excluding tert-OH is 1. The highest BCUT2D eigenvalue weighted by atomic mass is 79.9. The molecule has 0 radical (unpaired) electrons. The van der Waals surface area contributed by atoms with Crippen LogP contribution in [0.25, 0.3) is 0 Å². The number of ether oxygens (including phenoxy) is 1. The molecule has 2 nitrogen and oxygen atoms in total. The Kier molecular flexibility index (Phi) is 3.54. The van der Waals surface area contributed by atoms with Gasteiger partial charge in [-0.05, 0) is 37.6 Å². The summed E-state index contributed by atoms with van der Waals surface area (Å²) < 4.78 is 20.7. The third kappa shape index (κ3) is 2.70. The fourth-order valence-electron chi connectivity index (χ4n) is 2.75. The van der Waals surface area contributed by atoms with Crippen LogP contribution in [0.1, 0.15) is 36.6 Å². The maximum Gasteiger partial charge on any atom is 0.129 e. The van der Waals surface area contributed by atoms with Crippen LogP contribution >= 0.6 is 15.9 Å². The van der Waals surface area contributed by atoms with E-state index in [1.165, 1.54) is 6.07 Å². The molecule has 0 aliphatic carbocycles. The molecule has 1 aliphatic heterocycles. The zero-order valence-electron chi connectivity index (χ0n) is 11.9. The fraction of sp³-hybridized carbons (Fsp3) is 0.294. The van der Waals surface area contributed by atoms with E-state index in [4.69, 9.17) is 4.74 Å². The monoisotopic (exact) mass is 350 g/mol. The standard InChI is InChI=1S/C17H16BrFO2/c1-17(2)9-10-4-3-5-12(16(10)21-17)15(20)13-8-11(18)6-7-14(13)19/h3-8,15,20H,9H2,1-2H3. The van der Waals surface area contributed by atoms with Crippen molar-refractivity contribution in [1.82, 2.24) is 0 Å². The zero-order valence-corrected chi connectivity index (χ0v) is 13.4. The van der Waals surface area contributed by atoms with Gasteiger partial charge in [0.25, 0.3) is 0 Å². The molecule has 2 aromatic carbocycles. The second-order valence-corrected chi connectivity index (χ2v) is 6.86. The lowest BCUT2D eigenvalue weighted by atomic mass is 9.96. The van der Waals surface area contributed by atoms with Crippen LogP contribution in [-0.4, -0.2) is 10.7 Å². The second kappa shape index (κ2) is 5.11. The summed E-state index contributed by atoms with van der Waals surface area (Å²) in [6.45, 7) is 4.01. The number of para-hydroxylation sites is 1. The Hall–Kier alpha value is -1.39. The summed E-state index contributed by atoms with van der Waals surface area (Å²) in [7, 11) is 0. The number of fused-ring (bicyclic) bond motifs is 1. The Labute approximate surface area is 131 Å². The van der Waals surface area contributed by atoms with Crippen molar-refractivity contribution in [3.8, 4) is 5.75 Å². The predicted octanol–water partition coefficient (Wildman–Crippen LogP) is 4.38. The molecule has 4 heteroatoms. The highest BCUT2D eigenvalue weighted by molar-refractivity contribution is 9.10. The number of aliphatic hydroxyl groups is 1. The lowest BCUT2D eigenvalue weighted by molar-refractivity contribution is 0.131. The van der Waals surface area contributed by atoms with Crippen molar-refractivity contribution in [3.05, 3.63) is 63.4 Å². The Bertz CT molecular complexity index is 697. The Morgan fingerprint density at radius 1 is 1.24 bits per heavy atom. The summed E-state index contributed by atoms with van der Waals surface area (Å²) in [5.74, 6) is 0.245. The number of benzene rings is 2. The van der Waals surface area contributed by atoms with Gasteiger partial charge < -0.3 is 9.84 Å². The van der Waals surface area contributed by atoms with E-state index in [1.54, 1.807) is 18.2 Å². The van der Waals surface area contributed by atoms with Crippen molar-refractivity contribution in [2.24, 2.45) is 0 Å². The third-order valence-corrected chi connectivity index (χ3v) is 4.16. The van der Waals surface area contributed by atoms with Gasteiger partial charge in [-0.1, -0.05) is 34.1 Å². The summed E-state index contributed by atoms with van der Waals surface area (Å²) in [5, 5.41) is 10.6. The van der Waals surface area contributed by atoms with E-state index >= 15 is 0 Å². The first-order valence-electron chi connectivity index (χ1n) is 6.81. The smallest absolute Gasteiger partial charge is 0.129 e. The van der Waals surface area contributed by atoms with E-state index in [-0.39, 0.29) is 11.2 Å². The maximum absolute atomic E-state index is 14.0. The maximum atomic E-state index is 14.0. The molecule has 3 rings (SSSR count). The molecule has 0 bridgehead atoms. The zero-order chi connectivity index (χ0) is 15.2. The summed E-state index contributed by atoms with van der Waals surface area (Å²) in [4.78, 5) is 0. The quantitative estimate of drug-likeness (QED) is 0.870. The number of hydrogen-bond donors (Lipinski definition) is 1. The lowest BCUT2D eigenvalue weighted by Gasteiger charge is -2.20. The molecular weight excluding hydrogens is 335 g/mol. The van der Waals surface area contributed by atoms with Crippen molar-refractivity contribution >= 4 is 15.9 Å². The molecule has 21 heavy (non-hydrogen) atoms. The summed E-state index contributed by atoms with van der Waals surface area (Å²) in [5.41, 5.74) is 1.60. The molecule has 0 aromatic heterocycles. The van der Waals surface area contributed by atoms with E-state index in [0.29, 0.717) is 11.3 Å². The van der Waals surface area contributed by atoms with Crippen LogP contribution < -0.4 is 4.74 Å². The SMILES string of the molecule is CC1(C)Cc2cccc(C(O)c3cc(Br)ccc3F)c2O1. The van der Waals surface area contributed by atoms with E-state index < -0.39 is 11.9 Å². The van der Waals surface area contributed by atoms with Crippen LogP contribution in [0.2, 0.25) is 0 Å². The average Bonchev–Trinajstić information content (AvgIpc) is 2.74. The highest BCUT2D eigenvalue weighted by Gasteiger charge is 2.33. The first-order valence-corrected chi connectivity index (χ1v) is 7.60. The van der Waals surface area contributed by atoms with Crippen LogP contribution in [-0.2, 0) is 6.42 Å². The van der Waals surface area contributed by atoms with Crippen molar-refractivity contribution in [1.29, 1.82) is 0 Å². The molecule has 1 atom stereocenters. The number of halogens is 2. The van der Waals surface area contributed by atoms with Crippen molar-refractivity contribution in [2.75, 3.05) is 0 Å². The van der Waals surface area contributed by atoms with Gasteiger partial charge in [-0.3, -0.25) is 0 Å². The lowest BCUT2D eigenvalue weighted by Crippen LogP contribution is -2.25. The topological polar surface area (TPSA) is 29.5 Å². The summed E-state index contributed by atoms with van der Waals surface area (Å²) in [6.07, 6.45) is -0.268. The minimum absolute atomic E-state index is 0.242. The van der Waals surface area contributed by atoms with E-state index in [1.807, 2.05) is 26.0 Å². The number of rotatable bonds is 2. The van der Waals surface area contributed by atoms with Gasteiger partial charge >= 0.3 is 0 Å². The van der Waals surface area contributed by atoms with Crippen molar-refractivity contribution in [3.63, 3.8) is 0 Å². The van der Waals surface area contributed by atoms with Crippen LogP contribution in [0.3, 0.4) is 0 Å². The van der Waals surface area contributed by atoms with Gasteiger partial charge in [-0.2, -0.15) is 0 Å². The van der Waals surface area contributed by atoms with Gasteiger partial charge in [-0.15, -0.1) is 0 Å². The second-order valence-electron chi connectivity index (χ2n) is 5.94. The Balaban J connectivity index is 2.06. The minimum atomic E-state index is -1.05. The molecule has 1 aliphatic rings. The molecular formula is C17H16BrFO2. The van der Waals surface area contributed by atoms with Crippen LogP contribution in [0.15, 0.2) is 40.9 Å². The first kappa shape index (κ1) is 14.5. The largest absolute Gasteiger partial charge is 0.487 e. The van der Waals surface area contributed by atoms with Gasteiger partial charge in [0.1, 0.15) is 23.3 Å². The molecule has 2 aromatic rings. The molecule has 110 valence electrons. The first-order chi connectivity index (χ1) is 9.87. The van der Waals surface area contributed by atoms with Gasteiger partial charge in [0.15, 0.2) is 0 Å². The Morgan fingerprint density at radius 3 is 2.76 bits per heavy atom. The van der Waals surface area contributed by atoms with E-state index in [9.17, 15) is 9.50 Å². The van der Waals surface area contributed by atoms with Gasteiger partial charge in [0, 0.05) is 22.0 Å². The van der Waals surface area contributed by atoms with Crippen LogP contribution in [0.5, 0.6) is 5.75 Å². The predicted molar refractivity (Wildman–Crippen MR) is 83.0 cm³/mol. The van der Waals surface area contributed by atoms with Crippen LogP contribution in [0.4, 0.5) is 4.39 Å². The minimum Gasteiger partial charge on any atom is -0.487 e. The van der Waals surface area contributed by atoms with E-state index in [2.05, 4.69) is 15.9 Å². The molecule has 0 amide bonds. The fourth-order valence-corrected chi connectivity index (χ4v) is 3.13. The molecule has 0 fully saturated rings. The average molecular weight is 351 g/mol. The van der Waals surface area contributed by atoms with Gasteiger partial charge in [0.2, 0.25) is 0 Å². The Morgan fingerprint density at radius 2 is 2.00 bits per heavy atom. The molecule has 1 heterocycles. The third-order valence-electron chi connectivity index (χ3n) is 3.67. The number of hydrogen-bond acceptors (Lipinski definition) is 2.